The zero-order chi connectivity index (χ0) is 46.3. The number of hydrogen-bond donors (Lipinski definition) is 1. The van der Waals surface area contributed by atoms with E-state index in [1.54, 1.807) is 0 Å². The molecule has 384 valence electrons. The van der Waals surface area contributed by atoms with Crippen molar-refractivity contribution in [2.45, 2.75) is 26.2 Å². The van der Waals surface area contributed by atoms with Crippen molar-refractivity contribution in [2.75, 3.05) is 238 Å². The normalized spacial score (nSPS) is 11.6. The van der Waals surface area contributed by atoms with Crippen molar-refractivity contribution in [2.24, 2.45) is 0 Å². The highest BCUT2D eigenvalue weighted by Gasteiger charge is 2.00. The third kappa shape index (κ3) is 50.0. The molecule has 65 heavy (non-hydrogen) atoms. The van der Waals surface area contributed by atoms with E-state index in [0.29, 0.717) is 231 Å². The van der Waals surface area contributed by atoms with Crippen LogP contribution in [0.2, 0.25) is 0 Å². The molecule has 1 rings (SSSR count). The number of aliphatic hydroxyl groups is 1. The van der Waals surface area contributed by atoms with Gasteiger partial charge in [0.25, 0.3) is 0 Å². The van der Waals surface area contributed by atoms with E-state index in [4.69, 9.17) is 90.4 Å². The molecule has 19 heteroatoms. The maximum atomic E-state index is 8.60. The van der Waals surface area contributed by atoms with Gasteiger partial charge in [0.15, 0.2) is 0 Å². The summed E-state index contributed by atoms with van der Waals surface area (Å²) >= 11 is 0. The van der Waals surface area contributed by atoms with Crippen molar-refractivity contribution in [3.63, 3.8) is 0 Å². The lowest BCUT2D eigenvalue weighted by Gasteiger charge is -2.09. The van der Waals surface area contributed by atoms with Crippen molar-refractivity contribution < 1.29 is 90.4 Å². The van der Waals surface area contributed by atoms with Crippen molar-refractivity contribution in [1.29, 1.82) is 0 Å². The maximum absolute atomic E-state index is 8.60. The average Bonchev–Trinajstić information content (AvgIpc) is 3.32. The molecule has 0 atom stereocenters. The van der Waals surface area contributed by atoms with Crippen LogP contribution in [0.3, 0.4) is 0 Å². The molecule has 19 nitrogen and oxygen atoms in total. The van der Waals surface area contributed by atoms with Gasteiger partial charge in [-0.3, -0.25) is 0 Å². The maximum Gasteiger partial charge on any atom is 0.119 e. The van der Waals surface area contributed by atoms with Gasteiger partial charge in [-0.05, 0) is 30.5 Å². The highest BCUT2D eigenvalue weighted by molar-refractivity contribution is 5.27. The van der Waals surface area contributed by atoms with Gasteiger partial charge in [-0.1, -0.05) is 25.5 Å². The van der Waals surface area contributed by atoms with Crippen molar-refractivity contribution in [1.82, 2.24) is 0 Å². The summed E-state index contributed by atoms with van der Waals surface area (Å²) in [5.74, 6) is 0.870. The summed E-state index contributed by atoms with van der Waals surface area (Å²) in [7, 11) is 0. The summed E-state index contributed by atoms with van der Waals surface area (Å²) in [5.41, 5.74) is 1.35. The molecule has 0 aromatic heterocycles. The summed E-state index contributed by atoms with van der Waals surface area (Å²) in [4.78, 5) is 0. The molecule has 0 aliphatic heterocycles. The molecule has 0 radical (unpaired) electrons. The topological polar surface area (TPSA) is 186 Å². The fourth-order valence-electron chi connectivity index (χ4n) is 5.04. The predicted molar refractivity (Wildman–Crippen MR) is 242 cm³/mol. The number of hydrogen-bond acceptors (Lipinski definition) is 19. The Balaban J connectivity index is 1.61. The van der Waals surface area contributed by atoms with Gasteiger partial charge in [-0.2, -0.15) is 0 Å². The molecule has 0 fully saturated rings. The van der Waals surface area contributed by atoms with Crippen LogP contribution in [-0.4, -0.2) is 243 Å². The Kier molecular flexibility index (Phi) is 51.8. The van der Waals surface area contributed by atoms with E-state index in [1.165, 1.54) is 18.4 Å². The molecule has 0 aliphatic rings. The van der Waals surface area contributed by atoms with Crippen molar-refractivity contribution in [3.05, 3.63) is 29.8 Å². The van der Waals surface area contributed by atoms with Gasteiger partial charge in [-0.15, -0.1) is 0 Å². The van der Waals surface area contributed by atoms with Crippen LogP contribution in [0.5, 0.6) is 5.75 Å². The molecule has 1 aromatic carbocycles. The lowest BCUT2D eigenvalue weighted by atomic mass is 10.1. The molecule has 1 aromatic rings. The standard InChI is InChI=1S/C46H86O19/c1-2-3-4-45-5-7-46(8-6-45)65-44-43-64-42-41-63-40-39-62-38-37-61-36-35-60-34-33-59-32-31-58-30-29-57-28-27-56-26-25-55-24-23-54-22-21-53-20-19-52-18-17-51-16-15-50-14-13-49-12-11-48-10-9-47/h5-8,47H,2-4,9-44H2,1H3. The van der Waals surface area contributed by atoms with Crippen LogP contribution in [-0.2, 0) is 86.9 Å². The highest BCUT2D eigenvalue weighted by Crippen LogP contribution is 2.13. The minimum Gasteiger partial charge on any atom is -0.491 e. The predicted octanol–water partition coefficient (Wildman–Crippen LogP) is 2.68. The molecular formula is C46H86O19. The second kappa shape index (κ2) is 54.9. The Morgan fingerprint density at radius 2 is 0.477 bits per heavy atom. The number of benzene rings is 1. The highest BCUT2D eigenvalue weighted by atomic mass is 16.6. The first-order valence-corrected chi connectivity index (χ1v) is 23.5. The van der Waals surface area contributed by atoms with Crippen LogP contribution >= 0.6 is 0 Å². The van der Waals surface area contributed by atoms with Crippen LogP contribution in [0.25, 0.3) is 0 Å². The number of unbranched alkanes of at least 4 members (excludes halogenated alkanes) is 1. The van der Waals surface area contributed by atoms with Gasteiger partial charge < -0.3 is 90.4 Å². The number of aliphatic hydroxyl groups excluding tert-OH is 1. The smallest absolute Gasteiger partial charge is 0.119 e. The number of rotatable bonds is 57. The third-order valence-corrected chi connectivity index (χ3v) is 8.43. The summed E-state index contributed by atoms with van der Waals surface area (Å²) in [6.45, 7) is 19.5. The van der Waals surface area contributed by atoms with Gasteiger partial charge in [0, 0.05) is 0 Å². The summed E-state index contributed by atoms with van der Waals surface area (Å²) in [6, 6.07) is 8.29. The third-order valence-electron chi connectivity index (χ3n) is 8.43. The summed E-state index contributed by atoms with van der Waals surface area (Å²) in [5, 5.41) is 8.60. The zero-order valence-electron chi connectivity index (χ0n) is 39.7. The first-order chi connectivity index (χ1) is 32.4. The first-order valence-electron chi connectivity index (χ1n) is 23.5. The van der Waals surface area contributed by atoms with Crippen LogP contribution in [0.1, 0.15) is 25.3 Å². The molecular weight excluding hydrogens is 856 g/mol. The Bertz CT molecular complexity index is 1020. The fourth-order valence-corrected chi connectivity index (χ4v) is 5.04. The average molecular weight is 943 g/mol. The number of ether oxygens (including phenoxy) is 18. The lowest BCUT2D eigenvalue weighted by Crippen LogP contribution is -2.16. The zero-order valence-corrected chi connectivity index (χ0v) is 39.7. The van der Waals surface area contributed by atoms with Gasteiger partial charge >= 0.3 is 0 Å². The van der Waals surface area contributed by atoms with Crippen molar-refractivity contribution >= 4 is 0 Å². The summed E-state index contributed by atoms with van der Waals surface area (Å²) in [6.07, 6.45) is 3.53. The molecule has 0 saturated carbocycles. The minimum absolute atomic E-state index is 0.0206. The van der Waals surface area contributed by atoms with Gasteiger partial charge in [0.1, 0.15) is 12.4 Å². The minimum atomic E-state index is 0.0206. The quantitative estimate of drug-likeness (QED) is 0.0939. The van der Waals surface area contributed by atoms with E-state index in [1.807, 2.05) is 12.1 Å². The van der Waals surface area contributed by atoms with E-state index >= 15 is 0 Å². The van der Waals surface area contributed by atoms with Gasteiger partial charge in [0.2, 0.25) is 0 Å². The molecule has 0 spiro atoms. The monoisotopic (exact) mass is 943 g/mol. The Labute approximate surface area is 389 Å². The van der Waals surface area contributed by atoms with Crippen molar-refractivity contribution in [3.8, 4) is 5.75 Å². The molecule has 0 heterocycles. The Morgan fingerprint density at radius 3 is 0.677 bits per heavy atom. The fraction of sp³-hybridized carbons (Fsp3) is 0.870. The van der Waals surface area contributed by atoms with E-state index in [0.717, 1.165) is 12.2 Å². The second-order valence-corrected chi connectivity index (χ2v) is 13.7. The molecule has 1 N–H and O–H groups in total. The van der Waals surface area contributed by atoms with Crippen LogP contribution < -0.4 is 4.74 Å². The van der Waals surface area contributed by atoms with Crippen LogP contribution in [0, 0.1) is 0 Å². The SMILES string of the molecule is CCCCc1ccc(OCCOCCOCCOCCOCCOCCOCCOCCOCCOCCOCCOCCOCCOCCOCCOCCOCCOCCO)cc1. The van der Waals surface area contributed by atoms with Gasteiger partial charge in [-0.25, -0.2) is 0 Å². The van der Waals surface area contributed by atoms with Gasteiger partial charge in [0.05, 0.1) is 231 Å². The Hall–Kier alpha value is -1.70. The number of aryl methyl sites for hydroxylation is 1. The molecule has 0 aliphatic carbocycles. The molecule has 0 saturated heterocycles. The van der Waals surface area contributed by atoms with E-state index in [-0.39, 0.29) is 6.61 Å². The molecule has 0 amide bonds. The summed E-state index contributed by atoms with van der Waals surface area (Å²) < 4.78 is 98.7. The second-order valence-electron chi connectivity index (χ2n) is 13.7. The van der Waals surface area contributed by atoms with Crippen LogP contribution in [0.4, 0.5) is 0 Å². The molecule has 0 unspecified atom stereocenters. The first kappa shape index (κ1) is 61.3. The Morgan fingerprint density at radius 1 is 0.277 bits per heavy atom. The molecule has 0 bridgehead atoms. The largest absolute Gasteiger partial charge is 0.491 e. The van der Waals surface area contributed by atoms with E-state index in [2.05, 4.69) is 19.1 Å². The van der Waals surface area contributed by atoms with E-state index in [9.17, 15) is 0 Å². The van der Waals surface area contributed by atoms with E-state index < -0.39 is 0 Å². The van der Waals surface area contributed by atoms with Crippen LogP contribution in [0.15, 0.2) is 24.3 Å². The lowest BCUT2D eigenvalue weighted by molar-refractivity contribution is -0.0309.